The fourth-order valence-electron chi connectivity index (χ4n) is 2.43. The normalized spacial score (nSPS) is 19.2. The molecule has 0 N–H and O–H groups in total. The van der Waals surface area contributed by atoms with Crippen molar-refractivity contribution in [1.29, 1.82) is 0 Å². The van der Waals surface area contributed by atoms with E-state index in [9.17, 15) is 12.6 Å². The van der Waals surface area contributed by atoms with Crippen molar-refractivity contribution < 1.29 is 12.6 Å². The van der Waals surface area contributed by atoms with Crippen LogP contribution in [0.3, 0.4) is 0 Å². The van der Waals surface area contributed by atoms with Crippen molar-refractivity contribution in [2.45, 2.75) is 42.2 Å². The lowest BCUT2D eigenvalue weighted by atomic mass is 10.0. The molecule has 3 nitrogen and oxygen atoms in total. The zero-order valence-corrected chi connectivity index (χ0v) is 12.6. The van der Waals surface area contributed by atoms with Gasteiger partial charge in [0, 0.05) is 21.8 Å². The van der Waals surface area contributed by atoms with Gasteiger partial charge in [0.25, 0.3) is 0 Å². The number of rotatable bonds is 5. The molecule has 0 radical (unpaired) electrons. The fourth-order valence-corrected chi connectivity index (χ4v) is 5.97. The van der Waals surface area contributed by atoms with Crippen LogP contribution in [0.2, 0.25) is 0 Å². The first-order chi connectivity index (χ1) is 9.09. The highest BCUT2D eigenvalue weighted by atomic mass is 32.2. The van der Waals surface area contributed by atoms with Gasteiger partial charge in [-0.1, -0.05) is 37.5 Å². The molecule has 1 unspecified atom stereocenters. The van der Waals surface area contributed by atoms with Crippen LogP contribution in [-0.4, -0.2) is 29.4 Å². The third-order valence-electron chi connectivity index (χ3n) is 3.58. The average Bonchev–Trinajstić information content (AvgIpc) is 2.47. The summed E-state index contributed by atoms with van der Waals surface area (Å²) >= 11 is 0. The Morgan fingerprint density at radius 2 is 1.68 bits per heavy atom. The first-order valence-electron chi connectivity index (χ1n) is 6.74. The zero-order chi connectivity index (χ0) is 13.7. The number of hydrogen-bond donors (Lipinski definition) is 0. The van der Waals surface area contributed by atoms with Crippen molar-refractivity contribution >= 4 is 20.6 Å². The summed E-state index contributed by atoms with van der Waals surface area (Å²) in [7, 11) is -4.29. The van der Waals surface area contributed by atoms with Crippen LogP contribution in [0.4, 0.5) is 0 Å². The van der Waals surface area contributed by atoms with Crippen LogP contribution in [0.15, 0.2) is 35.2 Å². The first kappa shape index (κ1) is 14.7. The lowest BCUT2D eigenvalue weighted by Crippen LogP contribution is -2.24. The molecule has 2 rings (SSSR count). The van der Waals surface area contributed by atoms with E-state index in [1.807, 2.05) is 0 Å². The number of sulfone groups is 1. The Hall–Kier alpha value is -0.680. The van der Waals surface area contributed by atoms with Crippen LogP contribution < -0.4 is 0 Å². The Labute approximate surface area is 117 Å². The summed E-state index contributed by atoms with van der Waals surface area (Å²) in [6, 6.07) is 8.41. The van der Waals surface area contributed by atoms with E-state index in [-0.39, 0.29) is 16.8 Å². The van der Waals surface area contributed by atoms with Crippen LogP contribution in [-0.2, 0) is 20.6 Å². The molecule has 0 bridgehead atoms. The second-order valence-corrected chi connectivity index (χ2v) is 8.92. The highest BCUT2D eigenvalue weighted by Gasteiger charge is 2.22. The van der Waals surface area contributed by atoms with Crippen molar-refractivity contribution in [2.75, 3.05) is 11.5 Å². The monoisotopic (exact) mass is 300 g/mol. The minimum Gasteiger partial charge on any atom is -0.259 e. The molecule has 1 saturated carbocycles. The first-order valence-corrected chi connectivity index (χ1v) is 9.78. The second-order valence-electron chi connectivity index (χ2n) is 4.98. The zero-order valence-electron chi connectivity index (χ0n) is 11.0. The molecule has 0 aliphatic heterocycles. The van der Waals surface area contributed by atoms with Gasteiger partial charge in [0.1, 0.15) is 0 Å². The smallest absolute Gasteiger partial charge is 0.179 e. The maximum atomic E-state index is 12.1. The standard InChI is InChI=1S/C14H20O3S2/c15-18(13-7-3-1-4-8-13)11-12-19(16,17)14-9-5-2-6-10-14/h2,5-6,9-10,13H,1,3-4,7-8,11-12H2. The maximum absolute atomic E-state index is 12.1. The molecule has 19 heavy (non-hydrogen) atoms. The summed E-state index contributed by atoms with van der Waals surface area (Å²) in [5.74, 6) is 0.252. The lowest BCUT2D eigenvalue weighted by Gasteiger charge is -2.20. The van der Waals surface area contributed by atoms with Crippen molar-refractivity contribution in [1.82, 2.24) is 0 Å². The Balaban J connectivity index is 1.93. The summed E-state index contributed by atoms with van der Waals surface area (Å²) in [5.41, 5.74) is 0. The number of benzene rings is 1. The van der Waals surface area contributed by atoms with Crippen LogP contribution in [0, 0.1) is 0 Å². The average molecular weight is 300 g/mol. The number of hydrogen-bond acceptors (Lipinski definition) is 3. The van der Waals surface area contributed by atoms with Gasteiger partial charge in [-0.05, 0) is 25.0 Å². The summed E-state index contributed by atoms with van der Waals surface area (Å²) in [4.78, 5) is 0.329. The molecule has 1 aliphatic carbocycles. The molecule has 1 atom stereocenters. The van der Waals surface area contributed by atoms with E-state index >= 15 is 0 Å². The van der Waals surface area contributed by atoms with Crippen LogP contribution in [0.1, 0.15) is 32.1 Å². The fraction of sp³-hybridized carbons (Fsp3) is 0.571. The molecule has 0 heterocycles. The van der Waals surface area contributed by atoms with Gasteiger partial charge < -0.3 is 0 Å². The largest absolute Gasteiger partial charge is 0.259 e. The Bertz CT molecular complexity index is 517. The van der Waals surface area contributed by atoms with Gasteiger partial charge in [0.15, 0.2) is 9.84 Å². The molecule has 1 aliphatic rings. The van der Waals surface area contributed by atoms with Crippen LogP contribution >= 0.6 is 0 Å². The van der Waals surface area contributed by atoms with Crippen molar-refractivity contribution in [3.05, 3.63) is 30.3 Å². The molecule has 0 saturated heterocycles. The summed E-state index contributed by atoms with van der Waals surface area (Å²) in [5, 5.41) is 0.208. The SMILES string of the molecule is O=S(CCS(=O)(=O)c1ccccc1)C1CCCCC1. The molecule has 106 valence electrons. The third kappa shape index (κ3) is 4.14. The predicted octanol–water partition coefficient (Wildman–Crippen LogP) is 2.54. The highest BCUT2D eigenvalue weighted by molar-refractivity contribution is 7.93. The highest BCUT2D eigenvalue weighted by Crippen LogP contribution is 2.22. The van der Waals surface area contributed by atoms with Gasteiger partial charge in [-0.3, -0.25) is 4.21 Å². The third-order valence-corrected chi connectivity index (χ3v) is 7.39. The molecule has 0 aromatic heterocycles. The van der Waals surface area contributed by atoms with E-state index in [4.69, 9.17) is 0 Å². The van der Waals surface area contributed by atoms with Gasteiger partial charge in [0.05, 0.1) is 10.6 Å². The van der Waals surface area contributed by atoms with Gasteiger partial charge in [-0.2, -0.15) is 0 Å². The van der Waals surface area contributed by atoms with E-state index in [1.165, 1.54) is 6.42 Å². The summed E-state index contributed by atoms with van der Waals surface area (Å²) in [6.07, 6.45) is 5.44. The molecule has 0 spiro atoms. The Kier molecular flexibility index (Phi) is 5.16. The molecule has 0 amide bonds. The topological polar surface area (TPSA) is 51.2 Å². The molecule has 1 aromatic rings. The van der Waals surface area contributed by atoms with Gasteiger partial charge in [0.2, 0.25) is 0 Å². The molecular weight excluding hydrogens is 280 g/mol. The Morgan fingerprint density at radius 1 is 1.05 bits per heavy atom. The molecule has 1 aromatic carbocycles. The van der Waals surface area contributed by atoms with Crippen LogP contribution in [0.25, 0.3) is 0 Å². The quantitative estimate of drug-likeness (QED) is 0.839. The van der Waals surface area contributed by atoms with E-state index in [2.05, 4.69) is 0 Å². The van der Waals surface area contributed by atoms with Gasteiger partial charge >= 0.3 is 0 Å². The maximum Gasteiger partial charge on any atom is 0.179 e. The minimum atomic E-state index is -3.29. The van der Waals surface area contributed by atoms with E-state index in [0.717, 1.165) is 25.7 Å². The van der Waals surface area contributed by atoms with E-state index < -0.39 is 20.6 Å². The predicted molar refractivity (Wildman–Crippen MR) is 78.4 cm³/mol. The summed E-state index contributed by atoms with van der Waals surface area (Å²) in [6.45, 7) is 0. The Morgan fingerprint density at radius 3 is 2.32 bits per heavy atom. The van der Waals surface area contributed by atoms with Crippen molar-refractivity contribution in [3.63, 3.8) is 0 Å². The molecule has 5 heteroatoms. The molecular formula is C14H20O3S2. The lowest BCUT2D eigenvalue weighted by molar-refractivity contribution is 0.505. The van der Waals surface area contributed by atoms with Crippen LogP contribution in [0.5, 0.6) is 0 Å². The minimum absolute atomic E-state index is 0.0138. The summed E-state index contributed by atoms with van der Waals surface area (Å²) < 4.78 is 36.3. The van der Waals surface area contributed by atoms with E-state index in [1.54, 1.807) is 30.3 Å². The van der Waals surface area contributed by atoms with Crippen molar-refractivity contribution in [2.24, 2.45) is 0 Å². The molecule has 1 fully saturated rings. The van der Waals surface area contributed by atoms with Gasteiger partial charge in [-0.25, -0.2) is 8.42 Å². The van der Waals surface area contributed by atoms with Crippen molar-refractivity contribution in [3.8, 4) is 0 Å². The second kappa shape index (κ2) is 6.66. The van der Waals surface area contributed by atoms with Gasteiger partial charge in [-0.15, -0.1) is 0 Å². The van der Waals surface area contributed by atoms with E-state index in [0.29, 0.717) is 4.90 Å².